The lowest BCUT2D eigenvalue weighted by molar-refractivity contribution is -0.151. The van der Waals surface area contributed by atoms with Crippen LogP contribution in [-0.2, 0) is 20.7 Å². The number of methoxy groups -OCH3 is 2. The van der Waals surface area contributed by atoms with Gasteiger partial charge in [-0.15, -0.1) is 0 Å². The van der Waals surface area contributed by atoms with E-state index in [1.807, 2.05) is 6.92 Å². The first kappa shape index (κ1) is 22.6. The number of aliphatic hydroxyl groups excluding tert-OH is 1. The zero-order valence-corrected chi connectivity index (χ0v) is 16.7. The molecule has 2 unspecified atom stereocenters. The van der Waals surface area contributed by atoms with Crippen molar-refractivity contribution < 1.29 is 33.6 Å². The third-order valence-electron chi connectivity index (χ3n) is 3.51. The van der Waals surface area contributed by atoms with Crippen LogP contribution in [0.25, 0.3) is 0 Å². The molecule has 1 amide bonds. The van der Waals surface area contributed by atoms with Crippen LogP contribution in [0.2, 0.25) is 0 Å². The number of hydrogen-bond acceptors (Lipinski definition) is 7. The molecule has 1 aromatic carbocycles. The van der Waals surface area contributed by atoms with Gasteiger partial charge in [-0.2, -0.15) is 0 Å². The molecule has 0 fully saturated rings. The van der Waals surface area contributed by atoms with Gasteiger partial charge < -0.3 is 29.4 Å². The van der Waals surface area contributed by atoms with Crippen molar-refractivity contribution in [3.8, 4) is 11.5 Å². The van der Waals surface area contributed by atoms with E-state index in [2.05, 4.69) is 10.1 Å². The predicted octanol–water partition coefficient (Wildman–Crippen LogP) is 2.06. The third kappa shape index (κ3) is 7.34. The van der Waals surface area contributed by atoms with Gasteiger partial charge in [0.25, 0.3) is 0 Å². The number of ether oxygens (including phenoxy) is 4. The van der Waals surface area contributed by atoms with Gasteiger partial charge in [-0.1, -0.05) is 6.07 Å². The standard InChI is InChI=1S/C19H29NO7/c1-7-26-15-11-12(8-9-14(15)24-5)10-13(16(21)17(22)25-6)20-18(23)27-19(2,3)4/h8-9,11,13,16,21H,7,10H2,1-6H3,(H,20,23). The van der Waals surface area contributed by atoms with Crippen LogP contribution in [0.1, 0.15) is 33.3 Å². The van der Waals surface area contributed by atoms with E-state index in [0.29, 0.717) is 18.1 Å². The Morgan fingerprint density at radius 2 is 1.85 bits per heavy atom. The molecule has 8 heteroatoms. The van der Waals surface area contributed by atoms with Crippen LogP contribution in [0, 0.1) is 0 Å². The summed E-state index contributed by atoms with van der Waals surface area (Å²) in [6.07, 6.45) is -2.14. The Balaban J connectivity index is 3.04. The molecule has 8 nitrogen and oxygen atoms in total. The number of esters is 1. The number of carbonyl (C=O) groups is 2. The second-order valence-electron chi connectivity index (χ2n) is 6.84. The van der Waals surface area contributed by atoms with Gasteiger partial charge in [0.05, 0.1) is 26.9 Å². The molecule has 0 bridgehead atoms. The average Bonchev–Trinajstić information content (AvgIpc) is 2.58. The highest BCUT2D eigenvalue weighted by Gasteiger charge is 2.30. The number of rotatable bonds is 8. The highest BCUT2D eigenvalue weighted by Crippen LogP contribution is 2.28. The van der Waals surface area contributed by atoms with Gasteiger partial charge >= 0.3 is 12.1 Å². The molecule has 0 aliphatic rings. The molecule has 2 atom stereocenters. The van der Waals surface area contributed by atoms with E-state index in [-0.39, 0.29) is 6.42 Å². The number of aliphatic hydroxyl groups is 1. The van der Waals surface area contributed by atoms with E-state index in [9.17, 15) is 14.7 Å². The molecule has 0 aliphatic carbocycles. The van der Waals surface area contributed by atoms with Gasteiger partial charge in [0.1, 0.15) is 5.60 Å². The fraction of sp³-hybridized carbons (Fsp3) is 0.579. The van der Waals surface area contributed by atoms with Crippen LogP contribution in [0.3, 0.4) is 0 Å². The molecule has 0 heterocycles. The highest BCUT2D eigenvalue weighted by molar-refractivity contribution is 5.77. The third-order valence-corrected chi connectivity index (χ3v) is 3.51. The van der Waals surface area contributed by atoms with Gasteiger partial charge in [0.2, 0.25) is 0 Å². The smallest absolute Gasteiger partial charge is 0.407 e. The molecule has 0 radical (unpaired) electrons. The number of alkyl carbamates (subject to hydrolysis) is 1. The fourth-order valence-corrected chi connectivity index (χ4v) is 2.36. The van der Waals surface area contributed by atoms with Crippen molar-refractivity contribution in [2.24, 2.45) is 0 Å². The Bertz CT molecular complexity index is 639. The largest absolute Gasteiger partial charge is 0.493 e. The van der Waals surface area contributed by atoms with Crippen molar-refractivity contribution in [2.75, 3.05) is 20.8 Å². The summed E-state index contributed by atoms with van der Waals surface area (Å²) in [5.41, 5.74) is 0.0101. The summed E-state index contributed by atoms with van der Waals surface area (Å²) in [6, 6.07) is 4.26. The minimum Gasteiger partial charge on any atom is -0.493 e. The maximum absolute atomic E-state index is 12.1. The lowest BCUT2D eigenvalue weighted by Gasteiger charge is -2.26. The van der Waals surface area contributed by atoms with Crippen LogP contribution in [0.5, 0.6) is 11.5 Å². The zero-order chi connectivity index (χ0) is 20.6. The second-order valence-corrected chi connectivity index (χ2v) is 6.84. The maximum atomic E-state index is 12.1. The SMILES string of the molecule is CCOc1cc(CC(NC(=O)OC(C)(C)C)C(O)C(=O)OC)ccc1OC. The summed E-state index contributed by atoms with van der Waals surface area (Å²) in [5, 5.41) is 12.8. The van der Waals surface area contributed by atoms with Gasteiger partial charge in [-0.3, -0.25) is 0 Å². The number of benzene rings is 1. The summed E-state index contributed by atoms with van der Waals surface area (Å²) >= 11 is 0. The van der Waals surface area contributed by atoms with E-state index in [1.54, 1.807) is 39.0 Å². The summed E-state index contributed by atoms with van der Waals surface area (Å²) in [4.78, 5) is 23.9. The normalized spacial score (nSPS) is 13.3. The van der Waals surface area contributed by atoms with E-state index < -0.39 is 29.8 Å². The number of amides is 1. The Hall–Kier alpha value is -2.48. The van der Waals surface area contributed by atoms with E-state index in [1.165, 1.54) is 7.11 Å². The first-order chi connectivity index (χ1) is 12.6. The molecule has 2 N–H and O–H groups in total. The molecule has 0 spiro atoms. The van der Waals surface area contributed by atoms with Crippen LogP contribution >= 0.6 is 0 Å². The number of nitrogens with one attached hydrogen (secondary N) is 1. The molecule has 0 aromatic heterocycles. The van der Waals surface area contributed by atoms with E-state index in [0.717, 1.165) is 12.7 Å². The molecular weight excluding hydrogens is 354 g/mol. The second kappa shape index (κ2) is 10.0. The van der Waals surface area contributed by atoms with Gasteiger partial charge in [-0.05, 0) is 51.8 Å². The van der Waals surface area contributed by atoms with Crippen molar-refractivity contribution in [2.45, 2.75) is 51.9 Å². The highest BCUT2D eigenvalue weighted by atomic mass is 16.6. The Labute approximate surface area is 159 Å². The van der Waals surface area contributed by atoms with Crippen molar-refractivity contribution in [1.29, 1.82) is 0 Å². The van der Waals surface area contributed by atoms with Crippen LogP contribution < -0.4 is 14.8 Å². The van der Waals surface area contributed by atoms with Crippen molar-refractivity contribution >= 4 is 12.1 Å². The first-order valence-electron chi connectivity index (χ1n) is 8.66. The fourth-order valence-electron chi connectivity index (χ4n) is 2.36. The topological polar surface area (TPSA) is 103 Å². The molecule has 0 aliphatic heterocycles. The minimum absolute atomic E-state index is 0.152. The number of hydrogen-bond donors (Lipinski definition) is 2. The summed E-state index contributed by atoms with van der Waals surface area (Å²) in [7, 11) is 2.70. The average molecular weight is 383 g/mol. The van der Waals surface area contributed by atoms with Gasteiger partial charge in [-0.25, -0.2) is 9.59 Å². The molecule has 1 rings (SSSR count). The summed E-state index contributed by atoms with van der Waals surface area (Å²) in [5.74, 6) is 0.237. The van der Waals surface area contributed by atoms with Crippen LogP contribution in [0.4, 0.5) is 4.79 Å². The number of carbonyl (C=O) groups excluding carboxylic acids is 2. The van der Waals surface area contributed by atoms with Gasteiger partial charge in [0, 0.05) is 0 Å². The summed E-state index contributed by atoms with van der Waals surface area (Å²) < 4.78 is 20.6. The monoisotopic (exact) mass is 383 g/mol. The quantitative estimate of drug-likeness (QED) is 0.662. The molecule has 1 aromatic rings. The van der Waals surface area contributed by atoms with Crippen molar-refractivity contribution in [1.82, 2.24) is 5.32 Å². The first-order valence-corrected chi connectivity index (χ1v) is 8.66. The van der Waals surface area contributed by atoms with E-state index in [4.69, 9.17) is 14.2 Å². The Kier molecular flexibility index (Phi) is 8.36. The minimum atomic E-state index is -1.56. The van der Waals surface area contributed by atoms with E-state index >= 15 is 0 Å². The molecular formula is C19H29NO7. The van der Waals surface area contributed by atoms with Gasteiger partial charge in [0.15, 0.2) is 17.6 Å². The van der Waals surface area contributed by atoms with Crippen molar-refractivity contribution in [3.05, 3.63) is 23.8 Å². The summed E-state index contributed by atoms with van der Waals surface area (Å²) in [6.45, 7) is 7.45. The molecule has 27 heavy (non-hydrogen) atoms. The maximum Gasteiger partial charge on any atom is 0.407 e. The molecule has 0 saturated carbocycles. The lowest BCUT2D eigenvalue weighted by atomic mass is 10.0. The predicted molar refractivity (Wildman–Crippen MR) is 99.0 cm³/mol. The van der Waals surface area contributed by atoms with Crippen LogP contribution in [-0.4, -0.2) is 55.7 Å². The lowest BCUT2D eigenvalue weighted by Crippen LogP contribution is -2.50. The van der Waals surface area contributed by atoms with Crippen molar-refractivity contribution in [3.63, 3.8) is 0 Å². The molecule has 152 valence electrons. The Morgan fingerprint density at radius 1 is 1.19 bits per heavy atom. The zero-order valence-electron chi connectivity index (χ0n) is 16.7. The Morgan fingerprint density at radius 3 is 2.37 bits per heavy atom. The van der Waals surface area contributed by atoms with Crippen LogP contribution in [0.15, 0.2) is 18.2 Å². The molecule has 0 saturated heterocycles.